The van der Waals surface area contributed by atoms with E-state index < -0.39 is 11.9 Å². The number of hydrogen-bond acceptors (Lipinski definition) is 4. The van der Waals surface area contributed by atoms with Gasteiger partial charge in [0.05, 0.1) is 18.9 Å². The standard InChI is InChI=1S/C18H17F3N4O2/c19-18(20,21)15-10-13(14-5-4-8-27-14)23-17-12(11-22-25(15)17)9-16(26)24-6-2-1-3-7-24/h4-5,8,10-11H,1-3,6-7,9H2. The Labute approximate surface area is 152 Å². The van der Waals surface area contributed by atoms with Gasteiger partial charge in [-0.15, -0.1) is 0 Å². The second-order valence-corrected chi connectivity index (χ2v) is 6.53. The van der Waals surface area contributed by atoms with Crippen molar-refractivity contribution in [2.24, 2.45) is 0 Å². The van der Waals surface area contributed by atoms with Crippen LogP contribution in [-0.2, 0) is 17.4 Å². The highest BCUT2D eigenvalue weighted by atomic mass is 19.4. The van der Waals surface area contributed by atoms with Crippen LogP contribution in [0.15, 0.2) is 35.1 Å². The lowest BCUT2D eigenvalue weighted by Crippen LogP contribution is -2.36. The molecule has 1 aliphatic rings. The second-order valence-electron chi connectivity index (χ2n) is 6.53. The van der Waals surface area contributed by atoms with E-state index in [1.165, 1.54) is 18.5 Å². The molecule has 0 N–H and O–H groups in total. The molecule has 1 aliphatic heterocycles. The molecule has 27 heavy (non-hydrogen) atoms. The Morgan fingerprint density at radius 2 is 2.00 bits per heavy atom. The molecule has 6 nitrogen and oxygen atoms in total. The fraction of sp³-hybridized carbons (Fsp3) is 0.389. The molecule has 1 saturated heterocycles. The van der Waals surface area contributed by atoms with Crippen molar-refractivity contribution in [1.29, 1.82) is 0 Å². The first-order chi connectivity index (χ1) is 12.9. The normalized spacial score (nSPS) is 15.4. The van der Waals surface area contributed by atoms with E-state index in [0.717, 1.165) is 29.8 Å². The van der Waals surface area contributed by atoms with Crippen molar-refractivity contribution >= 4 is 11.6 Å². The quantitative estimate of drug-likeness (QED) is 0.699. The van der Waals surface area contributed by atoms with Crippen LogP contribution in [0.5, 0.6) is 0 Å². The molecule has 0 aromatic carbocycles. The van der Waals surface area contributed by atoms with E-state index in [9.17, 15) is 18.0 Å². The largest absolute Gasteiger partial charge is 0.463 e. The molecule has 0 unspecified atom stereocenters. The highest BCUT2D eigenvalue weighted by Gasteiger charge is 2.36. The lowest BCUT2D eigenvalue weighted by molar-refractivity contribution is -0.142. The number of hydrogen-bond donors (Lipinski definition) is 0. The van der Waals surface area contributed by atoms with Crippen LogP contribution in [-0.4, -0.2) is 38.5 Å². The molecule has 142 valence electrons. The number of furan rings is 1. The average molecular weight is 378 g/mol. The minimum atomic E-state index is -4.62. The van der Waals surface area contributed by atoms with Crippen molar-refractivity contribution in [2.75, 3.05) is 13.1 Å². The number of fused-ring (bicyclic) bond motifs is 1. The monoisotopic (exact) mass is 378 g/mol. The Bertz CT molecular complexity index is 957. The minimum absolute atomic E-state index is 0.0154. The Balaban J connectivity index is 1.76. The summed E-state index contributed by atoms with van der Waals surface area (Å²) in [5, 5.41) is 3.84. The van der Waals surface area contributed by atoms with Gasteiger partial charge in [-0.2, -0.15) is 18.3 Å². The van der Waals surface area contributed by atoms with Crippen molar-refractivity contribution < 1.29 is 22.4 Å². The summed E-state index contributed by atoms with van der Waals surface area (Å²) in [5.41, 5.74) is -0.534. The van der Waals surface area contributed by atoms with E-state index in [2.05, 4.69) is 10.1 Å². The molecule has 0 spiro atoms. The first kappa shape index (κ1) is 17.6. The van der Waals surface area contributed by atoms with Gasteiger partial charge in [0.15, 0.2) is 17.1 Å². The zero-order valence-electron chi connectivity index (χ0n) is 14.4. The van der Waals surface area contributed by atoms with Crippen LogP contribution in [0, 0.1) is 0 Å². The molecular weight excluding hydrogens is 361 g/mol. The SMILES string of the molecule is O=C(Cc1cnn2c(C(F)(F)F)cc(-c3ccco3)nc12)N1CCCCC1. The molecule has 0 saturated carbocycles. The Hall–Kier alpha value is -2.84. The Morgan fingerprint density at radius 3 is 2.67 bits per heavy atom. The maximum atomic E-state index is 13.5. The maximum Gasteiger partial charge on any atom is 0.433 e. The summed E-state index contributed by atoms with van der Waals surface area (Å²) < 4.78 is 46.5. The predicted molar refractivity (Wildman–Crippen MR) is 89.8 cm³/mol. The van der Waals surface area contributed by atoms with Crippen LogP contribution in [0.1, 0.15) is 30.5 Å². The molecule has 0 atom stereocenters. The number of amides is 1. The van der Waals surface area contributed by atoms with Gasteiger partial charge in [-0.1, -0.05) is 0 Å². The Morgan fingerprint density at radius 1 is 1.22 bits per heavy atom. The highest BCUT2D eigenvalue weighted by Crippen LogP contribution is 2.33. The summed E-state index contributed by atoms with van der Waals surface area (Å²) in [6, 6.07) is 4.01. The van der Waals surface area contributed by atoms with Gasteiger partial charge in [0.25, 0.3) is 0 Å². The fourth-order valence-electron chi connectivity index (χ4n) is 3.30. The minimum Gasteiger partial charge on any atom is -0.463 e. The first-order valence-electron chi connectivity index (χ1n) is 8.70. The topological polar surface area (TPSA) is 63.6 Å². The number of nitrogens with zero attached hydrogens (tertiary/aromatic N) is 4. The molecule has 4 rings (SSSR count). The van der Waals surface area contributed by atoms with Gasteiger partial charge in [-0.25, -0.2) is 9.50 Å². The smallest absolute Gasteiger partial charge is 0.433 e. The summed E-state index contributed by atoms with van der Waals surface area (Å²) in [5.74, 6) is 0.0980. The van der Waals surface area contributed by atoms with Crippen molar-refractivity contribution in [2.45, 2.75) is 31.9 Å². The number of piperidine rings is 1. The number of aromatic nitrogens is 3. The Kier molecular flexibility index (Phi) is 4.37. The van der Waals surface area contributed by atoms with Gasteiger partial charge < -0.3 is 9.32 Å². The van der Waals surface area contributed by atoms with Crippen LogP contribution in [0.3, 0.4) is 0 Å². The van der Waals surface area contributed by atoms with Crippen LogP contribution < -0.4 is 0 Å². The second kappa shape index (κ2) is 6.71. The fourth-order valence-corrected chi connectivity index (χ4v) is 3.30. The number of rotatable bonds is 3. The van der Waals surface area contributed by atoms with Gasteiger partial charge >= 0.3 is 6.18 Å². The number of halogens is 3. The van der Waals surface area contributed by atoms with Gasteiger partial charge in [-0.05, 0) is 37.5 Å². The lowest BCUT2D eigenvalue weighted by atomic mass is 10.1. The number of alkyl halides is 3. The third-order valence-corrected chi connectivity index (χ3v) is 4.66. The highest BCUT2D eigenvalue weighted by molar-refractivity contribution is 5.81. The third-order valence-electron chi connectivity index (χ3n) is 4.66. The van der Waals surface area contributed by atoms with Gasteiger partial charge in [-0.3, -0.25) is 4.79 Å². The van der Waals surface area contributed by atoms with E-state index in [4.69, 9.17) is 4.42 Å². The number of likely N-dealkylation sites (tertiary alicyclic amines) is 1. The molecule has 1 fully saturated rings. The molecule has 0 bridgehead atoms. The number of carbonyl (C=O) groups excluding carboxylic acids is 1. The molecular formula is C18H17F3N4O2. The summed E-state index contributed by atoms with van der Waals surface area (Å²) in [7, 11) is 0. The van der Waals surface area contributed by atoms with Crippen LogP contribution >= 0.6 is 0 Å². The van der Waals surface area contributed by atoms with Crippen LogP contribution in [0.2, 0.25) is 0 Å². The summed E-state index contributed by atoms with van der Waals surface area (Å²) in [4.78, 5) is 18.6. The van der Waals surface area contributed by atoms with E-state index in [-0.39, 0.29) is 29.4 Å². The molecule has 0 radical (unpaired) electrons. The molecule has 3 aromatic rings. The van der Waals surface area contributed by atoms with E-state index >= 15 is 0 Å². The maximum absolute atomic E-state index is 13.5. The van der Waals surface area contributed by atoms with Crippen LogP contribution in [0.25, 0.3) is 17.1 Å². The molecule has 0 aliphatic carbocycles. The van der Waals surface area contributed by atoms with Crippen molar-refractivity contribution in [3.8, 4) is 11.5 Å². The van der Waals surface area contributed by atoms with Crippen molar-refractivity contribution in [3.05, 3.63) is 41.9 Å². The average Bonchev–Trinajstić information content (AvgIpc) is 3.31. The van der Waals surface area contributed by atoms with E-state index in [1.54, 1.807) is 11.0 Å². The summed E-state index contributed by atoms with van der Waals surface area (Å²) in [6.07, 6.45) is 0.970. The summed E-state index contributed by atoms with van der Waals surface area (Å²) in [6.45, 7) is 1.36. The van der Waals surface area contributed by atoms with E-state index in [1.807, 2.05) is 0 Å². The first-order valence-corrected chi connectivity index (χ1v) is 8.70. The van der Waals surface area contributed by atoms with Gasteiger partial charge in [0, 0.05) is 18.7 Å². The van der Waals surface area contributed by atoms with Crippen LogP contribution in [0.4, 0.5) is 13.2 Å². The predicted octanol–water partition coefficient (Wildman–Crippen LogP) is 3.56. The molecule has 1 amide bonds. The number of carbonyl (C=O) groups is 1. The molecule has 4 heterocycles. The van der Waals surface area contributed by atoms with Crippen molar-refractivity contribution in [1.82, 2.24) is 19.5 Å². The third kappa shape index (κ3) is 3.41. The van der Waals surface area contributed by atoms with Crippen molar-refractivity contribution in [3.63, 3.8) is 0 Å². The molecule has 3 aromatic heterocycles. The lowest BCUT2D eigenvalue weighted by Gasteiger charge is -2.26. The van der Waals surface area contributed by atoms with Gasteiger partial charge in [0.1, 0.15) is 5.69 Å². The van der Waals surface area contributed by atoms with E-state index in [0.29, 0.717) is 18.7 Å². The summed E-state index contributed by atoms with van der Waals surface area (Å²) >= 11 is 0. The molecule has 9 heteroatoms. The zero-order valence-corrected chi connectivity index (χ0v) is 14.4. The zero-order chi connectivity index (χ0) is 19.0. The van der Waals surface area contributed by atoms with Gasteiger partial charge in [0.2, 0.25) is 5.91 Å².